The monoisotopic (exact) mass is 589 g/mol. The Morgan fingerprint density at radius 2 is 1.88 bits per heavy atom. The van der Waals surface area contributed by atoms with Crippen molar-refractivity contribution in [3.8, 4) is 0 Å². The van der Waals surface area contributed by atoms with E-state index in [-0.39, 0.29) is 24.4 Å². The molecule has 2 amide bonds. The van der Waals surface area contributed by atoms with E-state index >= 15 is 0 Å². The van der Waals surface area contributed by atoms with Crippen LogP contribution in [0.25, 0.3) is 0 Å². The van der Waals surface area contributed by atoms with Gasteiger partial charge in [0.2, 0.25) is 11.8 Å². The SMILES string of the molecule is C=CCCCCOC(=O)[C@@H]1[C@H]2C(=O)N(CCCCCO)C(C(=O)N(CC=C)CCN3CCOCC3)C23CC[C@@]1(CC)O3. The molecular weight excluding hydrogens is 538 g/mol. The molecule has 10 nitrogen and oxygen atoms in total. The number of likely N-dealkylation sites (tertiary alicyclic amines) is 1. The Morgan fingerprint density at radius 3 is 2.57 bits per heavy atom. The molecular formula is C32H51N3O7. The summed E-state index contributed by atoms with van der Waals surface area (Å²) >= 11 is 0. The van der Waals surface area contributed by atoms with Crippen LogP contribution >= 0.6 is 0 Å². The van der Waals surface area contributed by atoms with Crippen molar-refractivity contribution in [3.63, 3.8) is 0 Å². The van der Waals surface area contributed by atoms with Crippen LogP contribution in [0, 0.1) is 11.8 Å². The lowest BCUT2D eigenvalue weighted by molar-refractivity contribution is -0.162. The van der Waals surface area contributed by atoms with E-state index in [1.165, 1.54) is 0 Å². The standard InChI is InChI=1S/C32H51N3O7/c1-4-7-8-12-22-41-30(39)26-25-28(37)35(16-10-9-11-21-36)27(32(25)14-13-31(26,6-3)42-32)29(38)34(15-5-2)18-17-33-19-23-40-24-20-33/h4-5,25-27,36H,1-2,6-24H2,3H3/t25-,26-,27?,31+,32?/m0/s1. The van der Waals surface area contributed by atoms with E-state index in [0.29, 0.717) is 78.1 Å². The number of aliphatic hydroxyl groups is 1. The second-order valence-corrected chi connectivity index (χ2v) is 12.1. The smallest absolute Gasteiger partial charge is 0.312 e. The van der Waals surface area contributed by atoms with Gasteiger partial charge in [-0.3, -0.25) is 19.3 Å². The summed E-state index contributed by atoms with van der Waals surface area (Å²) in [5.74, 6) is -2.20. The molecule has 0 radical (unpaired) electrons. The highest BCUT2D eigenvalue weighted by molar-refractivity contribution is 5.98. The van der Waals surface area contributed by atoms with Gasteiger partial charge in [0.05, 0.1) is 31.3 Å². The summed E-state index contributed by atoms with van der Waals surface area (Å²) in [6.45, 7) is 15.0. The van der Waals surface area contributed by atoms with Crippen LogP contribution in [0.5, 0.6) is 0 Å². The molecule has 4 aliphatic rings. The van der Waals surface area contributed by atoms with E-state index in [4.69, 9.17) is 14.2 Å². The van der Waals surface area contributed by atoms with Gasteiger partial charge in [-0.05, 0) is 57.8 Å². The minimum atomic E-state index is -1.06. The molecule has 2 unspecified atom stereocenters. The molecule has 1 N–H and O–H groups in total. The van der Waals surface area contributed by atoms with Crippen LogP contribution in [-0.4, -0.2) is 121 Å². The van der Waals surface area contributed by atoms with Gasteiger partial charge in [-0.25, -0.2) is 0 Å². The molecule has 4 saturated heterocycles. The van der Waals surface area contributed by atoms with Gasteiger partial charge in [0.25, 0.3) is 0 Å². The molecule has 4 rings (SSSR count). The molecule has 0 aromatic heterocycles. The number of carbonyl (C=O) groups excluding carboxylic acids is 3. The molecule has 4 aliphatic heterocycles. The lowest BCUT2D eigenvalue weighted by Gasteiger charge is -2.37. The average molecular weight is 590 g/mol. The average Bonchev–Trinajstić information content (AvgIpc) is 3.61. The number of fused-ring (bicyclic) bond motifs is 1. The number of ether oxygens (including phenoxy) is 3. The number of rotatable bonds is 18. The maximum atomic E-state index is 14.5. The summed E-state index contributed by atoms with van der Waals surface area (Å²) in [6, 6.07) is -0.812. The van der Waals surface area contributed by atoms with Crippen molar-refractivity contribution in [2.24, 2.45) is 11.8 Å². The zero-order chi connectivity index (χ0) is 30.2. The van der Waals surface area contributed by atoms with E-state index in [1.54, 1.807) is 15.9 Å². The van der Waals surface area contributed by atoms with Gasteiger partial charge in [0, 0.05) is 45.9 Å². The third-order valence-electron chi connectivity index (χ3n) is 9.72. The van der Waals surface area contributed by atoms with E-state index in [0.717, 1.165) is 38.8 Å². The second-order valence-electron chi connectivity index (χ2n) is 12.1. The van der Waals surface area contributed by atoms with Gasteiger partial charge in [0.1, 0.15) is 17.6 Å². The quantitative estimate of drug-likeness (QED) is 0.148. The van der Waals surface area contributed by atoms with Gasteiger partial charge in [-0.1, -0.05) is 19.1 Å². The molecule has 42 heavy (non-hydrogen) atoms. The summed E-state index contributed by atoms with van der Waals surface area (Å²) in [5.41, 5.74) is -1.87. The molecule has 10 heteroatoms. The van der Waals surface area contributed by atoms with Gasteiger partial charge in [-0.15, -0.1) is 13.2 Å². The molecule has 5 atom stereocenters. The largest absolute Gasteiger partial charge is 0.465 e. The van der Waals surface area contributed by atoms with E-state index in [1.807, 2.05) is 13.0 Å². The van der Waals surface area contributed by atoms with Crippen LogP contribution < -0.4 is 0 Å². The van der Waals surface area contributed by atoms with Crippen molar-refractivity contribution < 1.29 is 33.7 Å². The lowest BCUT2D eigenvalue weighted by atomic mass is 9.65. The molecule has 2 bridgehead atoms. The first-order chi connectivity index (χ1) is 20.4. The third-order valence-corrected chi connectivity index (χ3v) is 9.72. The number of nitrogens with zero attached hydrogens (tertiary/aromatic N) is 3. The first-order valence-corrected chi connectivity index (χ1v) is 16.0. The van der Waals surface area contributed by atoms with Crippen LogP contribution in [0.2, 0.25) is 0 Å². The van der Waals surface area contributed by atoms with Crippen LogP contribution in [0.3, 0.4) is 0 Å². The van der Waals surface area contributed by atoms with Crippen LogP contribution in [0.15, 0.2) is 25.3 Å². The van der Waals surface area contributed by atoms with Crippen molar-refractivity contribution in [1.82, 2.24) is 14.7 Å². The highest BCUT2D eigenvalue weighted by atomic mass is 16.6. The molecule has 0 saturated carbocycles. The van der Waals surface area contributed by atoms with Gasteiger partial charge < -0.3 is 29.1 Å². The Kier molecular flexibility index (Phi) is 11.6. The fourth-order valence-corrected chi connectivity index (χ4v) is 7.53. The number of allylic oxidation sites excluding steroid dienone is 1. The Morgan fingerprint density at radius 1 is 1.10 bits per heavy atom. The highest BCUT2D eigenvalue weighted by Gasteiger charge is 2.79. The maximum absolute atomic E-state index is 14.5. The maximum Gasteiger partial charge on any atom is 0.312 e. The van der Waals surface area contributed by atoms with Crippen LogP contribution in [0.4, 0.5) is 0 Å². The summed E-state index contributed by atoms with van der Waals surface area (Å²) in [7, 11) is 0. The number of aliphatic hydroxyl groups excluding tert-OH is 1. The molecule has 0 aromatic rings. The number of amides is 2. The highest BCUT2D eigenvalue weighted by Crippen LogP contribution is 2.64. The molecule has 4 fully saturated rings. The fraction of sp³-hybridized carbons (Fsp3) is 0.781. The minimum Gasteiger partial charge on any atom is -0.465 e. The number of esters is 1. The molecule has 4 heterocycles. The van der Waals surface area contributed by atoms with Crippen molar-refractivity contribution >= 4 is 17.8 Å². The minimum absolute atomic E-state index is 0.0837. The number of morpholine rings is 1. The number of carbonyl (C=O) groups is 3. The first kappa shape index (κ1) is 32.6. The zero-order valence-electron chi connectivity index (χ0n) is 25.5. The second kappa shape index (κ2) is 14.9. The summed E-state index contributed by atoms with van der Waals surface area (Å²) in [4.78, 5) is 48.2. The lowest BCUT2D eigenvalue weighted by Crippen LogP contribution is -2.57. The fourth-order valence-electron chi connectivity index (χ4n) is 7.53. The topological polar surface area (TPSA) is 109 Å². The van der Waals surface area contributed by atoms with Crippen molar-refractivity contribution in [1.29, 1.82) is 0 Å². The number of hydrogen-bond donors (Lipinski definition) is 1. The Bertz CT molecular complexity index is 970. The summed E-state index contributed by atoms with van der Waals surface area (Å²) in [5, 5.41) is 9.30. The zero-order valence-corrected chi connectivity index (χ0v) is 25.5. The summed E-state index contributed by atoms with van der Waals surface area (Å²) < 4.78 is 18.1. The van der Waals surface area contributed by atoms with Crippen molar-refractivity contribution in [3.05, 3.63) is 25.3 Å². The first-order valence-electron chi connectivity index (χ1n) is 16.0. The summed E-state index contributed by atoms with van der Waals surface area (Å²) in [6.07, 6.45) is 9.80. The predicted molar refractivity (Wildman–Crippen MR) is 159 cm³/mol. The van der Waals surface area contributed by atoms with Gasteiger partial charge in [0.15, 0.2) is 0 Å². The van der Waals surface area contributed by atoms with E-state index < -0.39 is 29.1 Å². The van der Waals surface area contributed by atoms with Crippen molar-refractivity contribution in [2.75, 3.05) is 65.7 Å². The van der Waals surface area contributed by atoms with E-state index in [9.17, 15) is 19.5 Å². The number of hydrogen-bond acceptors (Lipinski definition) is 8. The normalized spacial score (nSPS) is 30.4. The third kappa shape index (κ3) is 6.47. The van der Waals surface area contributed by atoms with Gasteiger partial charge in [-0.2, -0.15) is 0 Å². The van der Waals surface area contributed by atoms with Gasteiger partial charge >= 0.3 is 5.97 Å². The van der Waals surface area contributed by atoms with Crippen molar-refractivity contribution in [2.45, 2.75) is 82.0 Å². The molecule has 0 aromatic carbocycles. The molecule has 236 valence electrons. The Balaban J connectivity index is 1.60. The van der Waals surface area contributed by atoms with Crippen LogP contribution in [0.1, 0.15) is 64.7 Å². The Hall–Kier alpha value is -2.27. The van der Waals surface area contributed by atoms with Crippen LogP contribution in [-0.2, 0) is 28.6 Å². The molecule has 0 aliphatic carbocycles. The van der Waals surface area contributed by atoms with E-state index in [2.05, 4.69) is 18.1 Å². The number of unbranched alkanes of at least 4 members (excludes halogenated alkanes) is 4. The Labute approximate surface area is 251 Å². The molecule has 1 spiro atoms. The predicted octanol–water partition coefficient (Wildman–Crippen LogP) is 2.55.